The fraction of sp³-hybridized carbons (Fsp3) is 0.296. The van der Waals surface area contributed by atoms with E-state index < -0.39 is 17.5 Å². The fourth-order valence-corrected chi connectivity index (χ4v) is 4.17. The zero-order valence-corrected chi connectivity index (χ0v) is 20.9. The maximum absolute atomic E-state index is 13.2. The van der Waals surface area contributed by atoms with E-state index in [-0.39, 0.29) is 19.0 Å². The number of likely N-dealkylation sites (N-methyl/N-ethyl adjacent to an activating group) is 1. The molecule has 1 aromatic heterocycles. The van der Waals surface area contributed by atoms with Crippen LogP contribution < -0.4 is 5.32 Å². The molecule has 0 saturated carbocycles. The third-order valence-corrected chi connectivity index (χ3v) is 6.58. The molecule has 1 saturated heterocycles. The van der Waals surface area contributed by atoms with Crippen LogP contribution in [0.4, 0.5) is 4.79 Å². The second-order valence-corrected chi connectivity index (χ2v) is 9.68. The summed E-state index contributed by atoms with van der Waals surface area (Å²) in [4.78, 5) is 41.1. The lowest BCUT2D eigenvalue weighted by Crippen LogP contribution is -2.43. The maximum Gasteiger partial charge on any atom is 0.325 e. The van der Waals surface area contributed by atoms with Gasteiger partial charge in [-0.3, -0.25) is 14.5 Å². The number of urea groups is 1. The molecule has 2 heterocycles. The highest BCUT2D eigenvalue weighted by Crippen LogP contribution is 2.30. The predicted octanol–water partition coefficient (Wildman–Crippen LogP) is 5.15. The van der Waals surface area contributed by atoms with Gasteiger partial charge in [-0.05, 0) is 60.4 Å². The molecule has 1 unspecified atom stereocenters. The summed E-state index contributed by atoms with van der Waals surface area (Å²) in [5.74, 6) is 0.762. The van der Waals surface area contributed by atoms with Crippen molar-refractivity contribution in [1.29, 1.82) is 0 Å². The number of amides is 4. The fourth-order valence-electron chi connectivity index (χ4n) is 4.05. The molecule has 4 amide bonds. The first-order valence-electron chi connectivity index (χ1n) is 11.4. The van der Waals surface area contributed by atoms with E-state index in [0.29, 0.717) is 28.0 Å². The lowest BCUT2D eigenvalue weighted by atomic mass is 9.90. The number of imide groups is 1. The van der Waals surface area contributed by atoms with Crippen LogP contribution in [0, 0.1) is 0 Å². The highest BCUT2D eigenvalue weighted by atomic mass is 35.5. The second kappa shape index (κ2) is 9.58. The van der Waals surface area contributed by atoms with Gasteiger partial charge < -0.3 is 14.6 Å². The monoisotopic (exact) mass is 493 g/mol. The average molecular weight is 494 g/mol. The molecule has 1 fully saturated rings. The number of nitrogens with one attached hydrogen (secondary N) is 1. The summed E-state index contributed by atoms with van der Waals surface area (Å²) in [7, 11) is 1.61. The molecule has 3 aromatic rings. The topological polar surface area (TPSA) is 82.9 Å². The third kappa shape index (κ3) is 4.95. The van der Waals surface area contributed by atoms with Gasteiger partial charge in [0.25, 0.3) is 5.91 Å². The molecular weight excluding hydrogens is 466 g/mol. The van der Waals surface area contributed by atoms with Crippen LogP contribution in [-0.4, -0.2) is 41.2 Å². The van der Waals surface area contributed by atoms with Crippen molar-refractivity contribution < 1.29 is 18.8 Å². The van der Waals surface area contributed by atoms with Gasteiger partial charge in [-0.1, -0.05) is 49.7 Å². The Bertz CT molecular complexity index is 1250. The van der Waals surface area contributed by atoms with E-state index >= 15 is 0 Å². The van der Waals surface area contributed by atoms with Crippen LogP contribution in [0.15, 0.2) is 65.1 Å². The van der Waals surface area contributed by atoms with Crippen LogP contribution in [0.1, 0.15) is 43.6 Å². The smallest absolute Gasteiger partial charge is 0.325 e. The number of nitrogens with zero attached hydrogens (tertiary/aromatic N) is 2. The molecule has 1 aliphatic rings. The molecule has 0 radical (unpaired) electrons. The number of halogens is 1. The summed E-state index contributed by atoms with van der Waals surface area (Å²) in [5.41, 5.74) is 1.46. The Hall–Kier alpha value is -3.58. The SMILES string of the molecule is CC(C)c1ccc(C2(C)NC(=O)N(CC(=O)N(C)Cc3ccc(-c4ccc(Cl)cc4)o3)C2=O)cc1. The van der Waals surface area contributed by atoms with Crippen LogP contribution in [-0.2, 0) is 21.7 Å². The van der Waals surface area contributed by atoms with Crippen molar-refractivity contribution >= 4 is 29.4 Å². The van der Waals surface area contributed by atoms with Gasteiger partial charge in [0.15, 0.2) is 0 Å². The molecular formula is C27H28ClN3O4. The molecule has 182 valence electrons. The van der Waals surface area contributed by atoms with Crippen molar-refractivity contribution in [3.05, 3.63) is 82.6 Å². The van der Waals surface area contributed by atoms with E-state index in [2.05, 4.69) is 19.2 Å². The van der Waals surface area contributed by atoms with Crippen molar-refractivity contribution in [3.8, 4) is 11.3 Å². The Kier molecular flexibility index (Phi) is 6.72. The number of furan rings is 1. The third-order valence-electron chi connectivity index (χ3n) is 6.33. The van der Waals surface area contributed by atoms with Gasteiger partial charge in [-0.2, -0.15) is 0 Å². The first-order valence-corrected chi connectivity index (χ1v) is 11.8. The second-order valence-electron chi connectivity index (χ2n) is 9.25. The summed E-state index contributed by atoms with van der Waals surface area (Å²) in [6.45, 7) is 5.68. The molecule has 0 aliphatic carbocycles. The highest BCUT2D eigenvalue weighted by molar-refractivity contribution is 6.30. The molecule has 1 N–H and O–H groups in total. The molecule has 0 bridgehead atoms. The number of carbonyl (C=O) groups is 3. The van der Waals surface area contributed by atoms with Gasteiger partial charge >= 0.3 is 6.03 Å². The summed E-state index contributed by atoms with van der Waals surface area (Å²) in [6.07, 6.45) is 0. The molecule has 1 aliphatic heterocycles. The van der Waals surface area contributed by atoms with E-state index in [1.165, 1.54) is 4.90 Å². The zero-order valence-electron chi connectivity index (χ0n) is 20.2. The maximum atomic E-state index is 13.2. The number of benzene rings is 2. The van der Waals surface area contributed by atoms with Crippen LogP contribution in [0.5, 0.6) is 0 Å². The van der Waals surface area contributed by atoms with Crippen molar-refractivity contribution in [2.45, 2.75) is 38.8 Å². The molecule has 4 rings (SSSR count). The average Bonchev–Trinajstić information content (AvgIpc) is 3.38. The number of hydrogen-bond donors (Lipinski definition) is 1. The van der Waals surface area contributed by atoms with Gasteiger partial charge in [0.05, 0.1) is 6.54 Å². The lowest BCUT2D eigenvalue weighted by Gasteiger charge is -2.23. The van der Waals surface area contributed by atoms with Crippen LogP contribution in [0.2, 0.25) is 5.02 Å². The van der Waals surface area contributed by atoms with E-state index in [1.807, 2.05) is 42.5 Å². The van der Waals surface area contributed by atoms with Crippen LogP contribution >= 0.6 is 11.6 Å². The Morgan fingerprint density at radius 3 is 2.34 bits per heavy atom. The summed E-state index contributed by atoms with van der Waals surface area (Å²) in [6, 6.07) is 17.9. The highest BCUT2D eigenvalue weighted by Gasteiger charge is 2.49. The summed E-state index contributed by atoms with van der Waals surface area (Å²) < 4.78 is 5.86. The Labute approximate surface area is 209 Å². The molecule has 1 atom stereocenters. The molecule has 2 aromatic carbocycles. The van der Waals surface area contributed by atoms with E-state index in [1.54, 1.807) is 32.2 Å². The molecule has 8 heteroatoms. The van der Waals surface area contributed by atoms with Gasteiger partial charge in [0.2, 0.25) is 5.91 Å². The van der Waals surface area contributed by atoms with Gasteiger partial charge in [-0.15, -0.1) is 0 Å². The molecule has 0 spiro atoms. The minimum Gasteiger partial charge on any atom is -0.459 e. The number of rotatable bonds is 7. The van der Waals surface area contributed by atoms with Crippen molar-refractivity contribution in [3.63, 3.8) is 0 Å². The van der Waals surface area contributed by atoms with Gasteiger partial charge in [-0.25, -0.2) is 4.79 Å². The Morgan fingerprint density at radius 2 is 1.71 bits per heavy atom. The summed E-state index contributed by atoms with van der Waals surface area (Å²) >= 11 is 5.94. The molecule has 35 heavy (non-hydrogen) atoms. The van der Waals surface area contributed by atoms with E-state index in [4.69, 9.17) is 16.0 Å². The lowest BCUT2D eigenvalue weighted by molar-refractivity contribution is -0.138. The zero-order chi connectivity index (χ0) is 25.3. The van der Waals surface area contributed by atoms with E-state index in [0.717, 1.165) is 16.0 Å². The normalized spacial score (nSPS) is 17.7. The Morgan fingerprint density at radius 1 is 1.06 bits per heavy atom. The minimum absolute atomic E-state index is 0.198. The first-order chi connectivity index (χ1) is 16.6. The van der Waals surface area contributed by atoms with Crippen molar-refractivity contribution in [2.75, 3.05) is 13.6 Å². The molecule has 7 nitrogen and oxygen atoms in total. The first kappa shape index (κ1) is 24.5. The largest absolute Gasteiger partial charge is 0.459 e. The Balaban J connectivity index is 1.41. The van der Waals surface area contributed by atoms with Gasteiger partial charge in [0.1, 0.15) is 23.6 Å². The summed E-state index contributed by atoms with van der Waals surface area (Å²) in [5, 5.41) is 3.39. The quantitative estimate of drug-likeness (QED) is 0.461. The predicted molar refractivity (Wildman–Crippen MR) is 134 cm³/mol. The number of carbonyl (C=O) groups excluding carboxylic acids is 3. The van der Waals surface area contributed by atoms with Crippen molar-refractivity contribution in [2.24, 2.45) is 0 Å². The number of hydrogen-bond acceptors (Lipinski definition) is 4. The standard InChI is InChI=1S/C27H28ClN3O4/c1-17(2)18-5-9-20(10-6-18)27(3)25(33)31(26(34)29-27)16-24(32)30(4)15-22-13-14-23(35-22)19-7-11-21(28)12-8-19/h5-14,17H,15-16H2,1-4H3,(H,29,34). The van der Waals surface area contributed by atoms with E-state index in [9.17, 15) is 14.4 Å². The van der Waals surface area contributed by atoms with Crippen LogP contribution in [0.3, 0.4) is 0 Å². The van der Waals surface area contributed by atoms with Gasteiger partial charge in [0, 0.05) is 17.6 Å². The van der Waals surface area contributed by atoms with Crippen LogP contribution in [0.25, 0.3) is 11.3 Å². The van der Waals surface area contributed by atoms with Crippen molar-refractivity contribution in [1.82, 2.24) is 15.1 Å². The minimum atomic E-state index is -1.22.